The molecule has 0 spiro atoms. The molecule has 0 radical (unpaired) electrons. The second kappa shape index (κ2) is 4.59. The average Bonchev–Trinajstić information content (AvgIpc) is 2.37. The highest BCUT2D eigenvalue weighted by molar-refractivity contribution is 7.89. The number of fused-ring (bicyclic) bond motifs is 1. The third kappa shape index (κ3) is 2.07. The van der Waals surface area contributed by atoms with Crippen molar-refractivity contribution in [3.63, 3.8) is 0 Å². The lowest BCUT2D eigenvalue weighted by Crippen LogP contribution is -2.40. The van der Waals surface area contributed by atoms with E-state index in [1.54, 1.807) is 12.1 Å². The highest BCUT2D eigenvalue weighted by Crippen LogP contribution is 2.26. The van der Waals surface area contributed by atoms with Crippen LogP contribution < -0.4 is 5.73 Å². The molecule has 18 heavy (non-hydrogen) atoms. The number of nitrogen functional groups attached to an aromatic ring is 1. The van der Waals surface area contributed by atoms with E-state index in [-0.39, 0.29) is 6.54 Å². The van der Waals surface area contributed by atoms with Crippen LogP contribution in [0, 0.1) is 11.3 Å². The molecule has 1 aliphatic heterocycles. The third-order valence-corrected chi connectivity index (χ3v) is 5.29. The number of sulfonamides is 1. The molecular weight excluding hydrogens is 250 g/mol. The molecule has 0 bridgehead atoms. The SMILES string of the molecule is CC(C#N)S(=O)(=O)N1CCc2cccc(N)c2C1. The van der Waals surface area contributed by atoms with Crippen molar-refractivity contribution in [1.29, 1.82) is 5.26 Å². The van der Waals surface area contributed by atoms with Crippen molar-refractivity contribution in [2.24, 2.45) is 0 Å². The maximum Gasteiger partial charge on any atom is 0.230 e. The Morgan fingerprint density at radius 2 is 2.22 bits per heavy atom. The maximum absolute atomic E-state index is 12.1. The number of nitrogens with zero attached hydrogens (tertiary/aromatic N) is 2. The molecule has 1 aromatic rings. The molecule has 2 N–H and O–H groups in total. The Balaban J connectivity index is 2.34. The summed E-state index contributed by atoms with van der Waals surface area (Å²) >= 11 is 0. The zero-order valence-corrected chi connectivity index (χ0v) is 10.9. The van der Waals surface area contributed by atoms with Crippen LogP contribution in [-0.2, 0) is 23.0 Å². The normalized spacial score (nSPS) is 17.8. The van der Waals surface area contributed by atoms with Gasteiger partial charge in [-0.25, -0.2) is 8.42 Å². The quantitative estimate of drug-likeness (QED) is 0.804. The van der Waals surface area contributed by atoms with Gasteiger partial charge in [-0.1, -0.05) is 12.1 Å². The van der Waals surface area contributed by atoms with Gasteiger partial charge >= 0.3 is 0 Å². The Morgan fingerprint density at radius 3 is 2.89 bits per heavy atom. The molecule has 6 heteroatoms. The molecule has 0 aliphatic carbocycles. The van der Waals surface area contributed by atoms with Gasteiger partial charge < -0.3 is 5.73 Å². The smallest absolute Gasteiger partial charge is 0.230 e. The molecule has 1 atom stereocenters. The van der Waals surface area contributed by atoms with Gasteiger partial charge in [-0.2, -0.15) is 9.57 Å². The van der Waals surface area contributed by atoms with Crippen LogP contribution in [0.1, 0.15) is 18.1 Å². The van der Waals surface area contributed by atoms with Crippen LogP contribution in [0.4, 0.5) is 5.69 Å². The number of hydrogen-bond acceptors (Lipinski definition) is 4. The molecule has 1 aromatic carbocycles. The predicted molar refractivity (Wildman–Crippen MR) is 69.0 cm³/mol. The van der Waals surface area contributed by atoms with Crippen LogP contribution in [0.5, 0.6) is 0 Å². The fourth-order valence-electron chi connectivity index (χ4n) is 2.09. The van der Waals surface area contributed by atoms with Gasteiger partial charge in [0.2, 0.25) is 10.0 Å². The molecule has 1 aliphatic rings. The number of hydrogen-bond donors (Lipinski definition) is 1. The van der Waals surface area contributed by atoms with Gasteiger partial charge in [0.1, 0.15) is 0 Å². The van der Waals surface area contributed by atoms with Crippen molar-refractivity contribution in [3.05, 3.63) is 29.3 Å². The maximum atomic E-state index is 12.1. The van der Waals surface area contributed by atoms with Crippen molar-refractivity contribution in [2.75, 3.05) is 12.3 Å². The van der Waals surface area contributed by atoms with Gasteiger partial charge in [-0.15, -0.1) is 0 Å². The van der Waals surface area contributed by atoms with Gasteiger partial charge in [0.05, 0.1) is 6.07 Å². The number of nitriles is 1. The summed E-state index contributed by atoms with van der Waals surface area (Å²) in [7, 11) is -3.55. The first-order valence-electron chi connectivity index (χ1n) is 5.71. The number of rotatable bonds is 2. The standard InChI is InChI=1S/C12H15N3O2S/c1-9(7-13)18(16,17)15-6-5-10-3-2-4-12(14)11(10)8-15/h2-4,9H,5-6,8,14H2,1H3. The summed E-state index contributed by atoms with van der Waals surface area (Å²) in [6.45, 7) is 2.07. The van der Waals surface area contributed by atoms with Gasteiger partial charge in [0, 0.05) is 18.8 Å². The first-order valence-corrected chi connectivity index (χ1v) is 7.22. The fourth-order valence-corrected chi connectivity index (χ4v) is 3.32. The summed E-state index contributed by atoms with van der Waals surface area (Å²) in [4.78, 5) is 0. The Bertz CT molecular complexity index is 604. The van der Waals surface area contributed by atoms with Crippen LogP contribution in [-0.4, -0.2) is 24.5 Å². The van der Waals surface area contributed by atoms with E-state index in [0.29, 0.717) is 18.7 Å². The van der Waals surface area contributed by atoms with Gasteiger partial charge in [-0.3, -0.25) is 0 Å². The van der Waals surface area contributed by atoms with E-state index in [0.717, 1.165) is 11.1 Å². The number of nitrogens with two attached hydrogens (primary N) is 1. The van der Waals surface area contributed by atoms with Crippen molar-refractivity contribution in [3.8, 4) is 6.07 Å². The topological polar surface area (TPSA) is 87.2 Å². The van der Waals surface area contributed by atoms with E-state index in [1.165, 1.54) is 11.2 Å². The minimum absolute atomic E-state index is 0.260. The highest BCUT2D eigenvalue weighted by atomic mass is 32.2. The molecule has 0 fully saturated rings. The Kier molecular flexibility index (Phi) is 3.28. The minimum atomic E-state index is -3.55. The molecule has 0 aromatic heterocycles. The lowest BCUT2D eigenvalue weighted by molar-refractivity contribution is 0.390. The van der Waals surface area contributed by atoms with E-state index in [9.17, 15) is 8.42 Å². The van der Waals surface area contributed by atoms with Crippen LogP contribution in [0.15, 0.2) is 18.2 Å². The molecular formula is C12H15N3O2S. The first-order chi connectivity index (χ1) is 8.46. The van der Waals surface area contributed by atoms with Crippen LogP contribution in [0.25, 0.3) is 0 Å². The number of benzene rings is 1. The summed E-state index contributed by atoms with van der Waals surface area (Å²) in [5, 5.41) is 7.75. The van der Waals surface area contributed by atoms with E-state index < -0.39 is 15.3 Å². The van der Waals surface area contributed by atoms with Crippen LogP contribution in [0.2, 0.25) is 0 Å². The molecule has 96 valence electrons. The van der Waals surface area contributed by atoms with Crippen molar-refractivity contribution < 1.29 is 8.42 Å². The molecule has 2 rings (SSSR count). The fraction of sp³-hybridized carbons (Fsp3) is 0.417. The summed E-state index contributed by atoms with van der Waals surface area (Å²) in [6, 6.07) is 7.38. The molecule has 0 amide bonds. The summed E-state index contributed by atoms with van der Waals surface area (Å²) in [5.41, 5.74) is 8.43. The van der Waals surface area contributed by atoms with Gasteiger partial charge in [0.15, 0.2) is 5.25 Å². The second-order valence-electron chi connectivity index (χ2n) is 4.38. The molecule has 1 heterocycles. The zero-order valence-electron chi connectivity index (χ0n) is 10.1. The Morgan fingerprint density at radius 1 is 1.50 bits per heavy atom. The third-order valence-electron chi connectivity index (χ3n) is 3.26. The predicted octanol–water partition coefficient (Wildman–Crippen LogP) is 0.869. The Hall–Kier alpha value is -1.58. The minimum Gasteiger partial charge on any atom is -0.398 e. The lowest BCUT2D eigenvalue weighted by atomic mass is 10.00. The zero-order chi connectivity index (χ0) is 13.3. The van der Waals surface area contributed by atoms with E-state index >= 15 is 0 Å². The van der Waals surface area contributed by atoms with Gasteiger partial charge in [-0.05, 0) is 30.5 Å². The molecule has 0 saturated heterocycles. The van der Waals surface area contributed by atoms with Crippen molar-refractivity contribution >= 4 is 15.7 Å². The van der Waals surface area contributed by atoms with Gasteiger partial charge in [0.25, 0.3) is 0 Å². The monoisotopic (exact) mass is 265 g/mol. The average molecular weight is 265 g/mol. The van der Waals surface area contributed by atoms with E-state index in [4.69, 9.17) is 11.0 Å². The Labute approximate surface area is 107 Å². The summed E-state index contributed by atoms with van der Waals surface area (Å²) < 4.78 is 25.5. The van der Waals surface area contributed by atoms with Crippen LogP contribution in [0.3, 0.4) is 0 Å². The number of anilines is 1. The lowest BCUT2D eigenvalue weighted by Gasteiger charge is -2.29. The summed E-state index contributed by atoms with van der Waals surface area (Å²) in [6.07, 6.45) is 0.637. The molecule has 0 saturated carbocycles. The highest BCUT2D eigenvalue weighted by Gasteiger charge is 2.31. The van der Waals surface area contributed by atoms with Crippen LogP contribution >= 0.6 is 0 Å². The molecule has 5 nitrogen and oxygen atoms in total. The second-order valence-corrected chi connectivity index (χ2v) is 6.64. The van der Waals surface area contributed by atoms with Crippen molar-refractivity contribution in [2.45, 2.75) is 25.1 Å². The first kappa shape index (κ1) is 12.9. The molecule has 1 unspecified atom stereocenters. The summed E-state index contributed by atoms with van der Waals surface area (Å²) in [5.74, 6) is 0. The largest absolute Gasteiger partial charge is 0.398 e. The van der Waals surface area contributed by atoms with Crippen molar-refractivity contribution in [1.82, 2.24) is 4.31 Å². The van der Waals surface area contributed by atoms with E-state index in [1.807, 2.05) is 12.1 Å². The van der Waals surface area contributed by atoms with E-state index in [2.05, 4.69) is 0 Å².